The van der Waals surface area contributed by atoms with Gasteiger partial charge in [-0.3, -0.25) is 4.79 Å². The number of nitrogens with zero attached hydrogens (tertiary/aromatic N) is 3. The molecule has 18 heavy (non-hydrogen) atoms. The number of carbonyl (C=O) groups excluding carboxylic acids is 1. The Morgan fingerprint density at radius 2 is 2.00 bits per heavy atom. The molecule has 1 heterocycles. The van der Waals surface area contributed by atoms with E-state index in [2.05, 4.69) is 9.97 Å². The molecule has 0 aliphatic heterocycles. The molecule has 0 saturated carbocycles. The van der Waals surface area contributed by atoms with Crippen LogP contribution in [0.1, 0.15) is 23.2 Å². The van der Waals surface area contributed by atoms with E-state index in [9.17, 15) is 18.0 Å². The van der Waals surface area contributed by atoms with Crippen molar-refractivity contribution in [3.05, 3.63) is 35.6 Å². The molecule has 0 saturated heterocycles. The van der Waals surface area contributed by atoms with Gasteiger partial charge in [-0.15, -0.1) is 0 Å². The molecule has 4 nitrogen and oxygen atoms in total. The largest absolute Gasteiger partial charge is 0.433 e. The first-order valence-corrected chi connectivity index (χ1v) is 5.02. The Bertz CT molecular complexity index is 481. The first kappa shape index (κ1) is 14.1. The van der Waals surface area contributed by atoms with E-state index >= 15 is 0 Å². The van der Waals surface area contributed by atoms with Crippen molar-refractivity contribution in [3.8, 4) is 0 Å². The number of ketones is 1. The Morgan fingerprint density at radius 1 is 1.39 bits per heavy atom. The van der Waals surface area contributed by atoms with Crippen LogP contribution < -0.4 is 0 Å². The maximum Gasteiger partial charge on any atom is 0.433 e. The summed E-state index contributed by atoms with van der Waals surface area (Å²) < 4.78 is 37.2. The second-order valence-electron chi connectivity index (χ2n) is 3.81. The lowest BCUT2D eigenvalue weighted by atomic mass is 10.2. The van der Waals surface area contributed by atoms with Crippen molar-refractivity contribution in [1.29, 1.82) is 0 Å². The highest BCUT2D eigenvalue weighted by atomic mass is 19.4. The molecule has 0 unspecified atom stereocenters. The van der Waals surface area contributed by atoms with Gasteiger partial charge in [0.25, 0.3) is 0 Å². The Morgan fingerprint density at radius 3 is 2.50 bits per heavy atom. The first-order chi connectivity index (χ1) is 8.21. The maximum atomic E-state index is 12.4. The molecule has 0 spiro atoms. The van der Waals surface area contributed by atoms with E-state index in [0.717, 1.165) is 12.3 Å². The Balaban J connectivity index is 3.05. The van der Waals surface area contributed by atoms with Crippen molar-refractivity contribution in [3.63, 3.8) is 0 Å². The summed E-state index contributed by atoms with van der Waals surface area (Å²) >= 11 is 0. The van der Waals surface area contributed by atoms with Gasteiger partial charge in [0.1, 0.15) is 5.69 Å². The first-order valence-electron chi connectivity index (χ1n) is 5.02. The molecule has 0 bridgehead atoms. The number of carbonyl (C=O) groups is 1. The number of allylic oxidation sites excluding steroid dienone is 2. The van der Waals surface area contributed by atoms with E-state index in [4.69, 9.17) is 0 Å². The highest BCUT2D eigenvalue weighted by Gasteiger charge is 2.33. The zero-order chi connectivity index (χ0) is 13.9. The lowest BCUT2D eigenvalue weighted by Gasteiger charge is -2.11. The van der Waals surface area contributed by atoms with E-state index < -0.39 is 23.5 Å². The number of rotatable bonds is 3. The van der Waals surface area contributed by atoms with Gasteiger partial charge in [0, 0.05) is 32.1 Å². The maximum absolute atomic E-state index is 12.4. The summed E-state index contributed by atoms with van der Waals surface area (Å²) in [6.45, 7) is 1.66. The van der Waals surface area contributed by atoms with Crippen LogP contribution in [0.2, 0.25) is 0 Å². The standard InChI is InChI=1S/C11H12F3N3O/c1-7(17(2)3)6-8(18)10-15-5-4-9(16-10)11(12,13)14/h4-6H,1-3H3. The molecular formula is C11H12F3N3O. The quantitative estimate of drug-likeness (QED) is 0.616. The Hall–Kier alpha value is -1.92. The van der Waals surface area contributed by atoms with Gasteiger partial charge in [-0.1, -0.05) is 0 Å². The summed E-state index contributed by atoms with van der Waals surface area (Å²) in [7, 11) is 3.43. The summed E-state index contributed by atoms with van der Waals surface area (Å²) in [4.78, 5) is 20.1. The van der Waals surface area contributed by atoms with Crippen molar-refractivity contribution in [2.75, 3.05) is 14.1 Å². The van der Waals surface area contributed by atoms with Gasteiger partial charge in [0.2, 0.25) is 11.6 Å². The van der Waals surface area contributed by atoms with E-state index in [1.54, 1.807) is 25.9 Å². The van der Waals surface area contributed by atoms with Crippen LogP contribution in [-0.4, -0.2) is 34.7 Å². The molecule has 0 amide bonds. The molecule has 0 radical (unpaired) electrons. The smallest absolute Gasteiger partial charge is 0.381 e. The molecule has 0 atom stereocenters. The lowest BCUT2D eigenvalue weighted by molar-refractivity contribution is -0.141. The van der Waals surface area contributed by atoms with Crippen LogP contribution in [0.5, 0.6) is 0 Å². The number of hydrogen-bond acceptors (Lipinski definition) is 4. The lowest BCUT2D eigenvalue weighted by Crippen LogP contribution is -2.14. The molecule has 0 fully saturated rings. The molecule has 1 aromatic rings. The van der Waals surface area contributed by atoms with Crippen LogP contribution in [0.15, 0.2) is 24.0 Å². The fourth-order valence-corrected chi connectivity index (χ4v) is 1.02. The number of halogens is 3. The van der Waals surface area contributed by atoms with Gasteiger partial charge < -0.3 is 4.90 Å². The van der Waals surface area contributed by atoms with Crippen LogP contribution in [0.25, 0.3) is 0 Å². The monoisotopic (exact) mass is 259 g/mol. The molecule has 1 aromatic heterocycles. The number of alkyl halides is 3. The van der Waals surface area contributed by atoms with E-state index in [1.165, 1.54) is 6.08 Å². The average molecular weight is 259 g/mol. The normalized spacial score (nSPS) is 12.4. The molecule has 0 aromatic carbocycles. The molecule has 0 aliphatic carbocycles. The Kier molecular flexibility index (Phi) is 4.05. The summed E-state index contributed by atoms with van der Waals surface area (Å²) in [5.41, 5.74) is -0.530. The van der Waals surface area contributed by atoms with Crippen molar-refractivity contribution in [2.45, 2.75) is 13.1 Å². The van der Waals surface area contributed by atoms with Crippen molar-refractivity contribution in [2.24, 2.45) is 0 Å². The van der Waals surface area contributed by atoms with Crippen molar-refractivity contribution < 1.29 is 18.0 Å². The predicted molar refractivity (Wildman–Crippen MR) is 58.8 cm³/mol. The summed E-state index contributed by atoms with van der Waals surface area (Å²) in [6.07, 6.45) is -2.48. The van der Waals surface area contributed by atoms with Gasteiger partial charge >= 0.3 is 6.18 Å². The van der Waals surface area contributed by atoms with Gasteiger partial charge in [-0.2, -0.15) is 13.2 Å². The second kappa shape index (κ2) is 5.16. The van der Waals surface area contributed by atoms with Crippen LogP contribution in [0.4, 0.5) is 13.2 Å². The summed E-state index contributed by atoms with van der Waals surface area (Å²) in [6, 6.07) is 0.722. The number of aromatic nitrogens is 2. The fraction of sp³-hybridized carbons (Fsp3) is 0.364. The second-order valence-corrected chi connectivity index (χ2v) is 3.81. The Labute approximate surface area is 102 Å². The fourth-order valence-electron chi connectivity index (χ4n) is 1.02. The molecular weight excluding hydrogens is 247 g/mol. The molecule has 98 valence electrons. The molecule has 0 N–H and O–H groups in total. The minimum absolute atomic E-state index is 0.467. The molecule has 1 rings (SSSR count). The van der Waals surface area contributed by atoms with Gasteiger partial charge in [-0.05, 0) is 13.0 Å². The third-order valence-corrected chi connectivity index (χ3v) is 2.21. The highest BCUT2D eigenvalue weighted by molar-refractivity contribution is 6.01. The van der Waals surface area contributed by atoms with Crippen molar-refractivity contribution >= 4 is 5.78 Å². The van der Waals surface area contributed by atoms with Gasteiger partial charge in [0.05, 0.1) is 0 Å². The predicted octanol–water partition coefficient (Wildman–Crippen LogP) is 2.14. The van der Waals surface area contributed by atoms with Gasteiger partial charge in [-0.25, -0.2) is 9.97 Å². The average Bonchev–Trinajstić information content (AvgIpc) is 2.27. The van der Waals surface area contributed by atoms with Crippen molar-refractivity contribution in [1.82, 2.24) is 14.9 Å². The van der Waals surface area contributed by atoms with Gasteiger partial charge in [0.15, 0.2) is 0 Å². The van der Waals surface area contributed by atoms with Crippen LogP contribution in [0, 0.1) is 0 Å². The van der Waals surface area contributed by atoms with Crippen LogP contribution in [-0.2, 0) is 6.18 Å². The topological polar surface area (TPSA) is 46.1 Å². The third-order valence-electron chi connectivity index (χ3n) is 2.21. The minimum atomic E-state index is -4.59. The third kappa shape index (κ3) is 3.54. The number of hydrogen-bond donors (Lipinski definition) is 0. The van der Waals surface area contributed by atoms with E-state index in [1.807, 2.05) is 0 Å². The van der Waals surface area contributed by atoms with E-state index in [-0.39, 0.29) is 0 Å². The SMILES string of the molecule is CC(=CC(=O)c1nccc(C(F)(F)F)n1)N(C)C. The molecule has 0 aliphatic rings. The minimum Gasteiger partial charge on any atom is -0.381 e. The van der Waals surface area contributed by atoms with Crippen LogP contribution >= 0.6 is 0 Å². The highest BCUT2D eigenvalue weighted by Crippen LogP contribution is 2.26. The zero-order valence-electron chi connectivity index (χ0n) is 10.1. The molecule has 7 heteroatoms. The van der Waals surface area contributed by atoms with E-state index in [0.29, 0.717) is 5.70 Å². The van der Waals surface area contributed by atoms with Crippen LogP contribution in [0.3, 0.4) is 0 Å². The summed E-state index contributed by atoms with van der Waals surface area (Å²) in [5.74, 6) is -1.13. The summed E-state index contributed by atoms with van der Waals surface area (Å²) in [5, 5.41) is 0. The zero-order valence-corrected chi connectivity index (χ0v) is 10.1.